The number of thiazole rings is 1. The number of aromatic nitrogens is 1. The van der Waals surface area contributed by atoms with Crippen LogP contribution in [0.3, 0.4) is 0 Å². The van der Waals surface area contributed by atoms with Crippen molar-refractivity contribution < 1.29 is 9.53 Å². The number of hydrogen-bond acceptors (Lipinski definition) is 4. The first-order chi connectivity index (χ1) is 12.2. The van der Waals surface area contributed by atoms with E-state index in [1.165, 1.54) is 0 Å². The van der Waals surface area contributed by atoms with Crippen LogP contribution >= 0.6 is 22.9 Å². The maximum Gasteiger partial charge on any atom is 0.317 e. The molecule has 1 aliphatic heterocycles. The van der Waals surface area contributed by atoms with Gasteiger partial charge in [-0.25, -0.2) is 9.78 Å². The highest BCUT2D eigenvalue weighted by Crippen LogP contribution is 2.28. The highest BCUT2D eigenvalue weighted by molar-refractivity contribution is 7.12. The van der Waals surface area contributed by atoms with E-state index in [0.29, 0.717) is 24.7 Å². The molecule has 1 aromatic heterocycles. The molecule has 2 heterocycles. The summed E-state index contributed by atoms with van der Waals surface area (Å²) in [7, 11) is 0. The van der Waals surface area contributed by atoms with Crippen LogP contribution in [0, 0.1) is 6.92 Å². The van der Waals surface area contributed by atoms with Gasteiger partial charge in [0.25, 0.3) is 0 Å². The Bertz CT molecular complexity index is 789. The van der Waals surface area contributed by atoms with E-state index in [9.17, 15) is 4.79 Å². The minimum absolute atomic E-state index is 0.0307. The van der Waals surface area contributed by atoms with Crippen LogP contribution in [0.1, 0.15) is 30.7 Å². The van der Waals surface area contributed by atoms with E-state index in [2.05, 4.69) is 10.3 Å². The lowest BCUT2D eigenvalue weighted by Crippen LogP contribution is -2.56. The summed E-state index contributed by atoms with van der Waals surface area (Å²) < 4.78 is 5.85. The van der Waals surface area contributed by atoms with E-state index in [0.717, 1.165) is 21.1 Å². The molecule has 140 valence electrons. The molecular formula is C19H24ClN3O2S. The number of benzene rings is 1. The highest BCUT2D eigenvalue weighted by atomic mass is 35.5. The molecule has 2 aromatic rings. The average Bonchev–Trinajstić information content (AvgIpc) is 2.92. The average molecular weight is 394 g/mol. The second kappa shape index (κ2) is 7.55. The number of hydrogen-bond donors (Lipinski definition) is 1. The molecule has 0 unspecified atom stereocenters. The summed E-state index contributed by atoms with van der Waals surface area (Å²) in [5.74, 6) is 0. The van der Waals surface area contributed by atoms with Gasteiger partial charge in [0.15, 0.2) is 0 Å². The number of morpholine rings is 1. The zero-order valence-corrected chi connectivity index (χ0v) is 17.1. The summed E-state index contributed by atoms with van der Waals surface area (Å²) in [5.41, 5.74) is 1.65. The Morgan fingerprint density at radius 2 is 2.12 bits per heavy atom. The summed E-state index contributed by atoms with van der Waals surface area (Å²) in [4.78, 5) is 20.2. The maximum absolute atomic E-state index is 12.5. The van der Waals surface area contributed by atoms with Gasteiger partial charge in [0, 0.05) is 22.0 Å². The van der Waals surface area contributed by atoms with Gasteiger partial charge in [0.05, 0.1) is 30.5 Å². The predicted molar refractivity (Wildman–Crippen MR) is 106 cm³/mol. The Balaban J connectivity index is 1.64. The molecule has 0 saturated carbocycles. The van der Waals surface area contributed by atoms with Gasteiger partial charge < -0.3 is 15.0 Å². The van der Waals surface area contributed by atoms with Crippen molar-refractivity contribution in [3.63, 3.8) is 0 Å². The first-order valence-electron chi connectivity index (χ1n) is 8.66. The van der Waals surface area contributed by atoms with E-state index in [4.69, 9.17) is 16.3 Å². The molecule has 3 rings (SSSR count). The van der Waals surface area contributed by atoms with E-state index in [-0.39, 0.29) is 17.7 Å². The van der Waals surface area contributed by atoms with Crippen LogP contribution in [0.4, 0.5) is 4.79 Å². The Kier molecular flexibility index (Phi) is 5.55. The maximum atomic E-state index is 12.5. The number of urea groups is 1. The van der Waals surface area contributed by atoms with Crippen molar-refractivity contribution in [2.75, 3.05) is 13.1 Å². The SMILES string of the molecule is Cc1sc(CNC(=O)N2C[C@@H](C)OC(C)(C)C2)nc1-c1ccc(Cl)cc1. The fourth-order valence-corrected chi connectivity index (χ4v) is 4.29. The van der Waals surface area contributed by atoms with Gasteiger partial charge in [-0.3, -0.25) is 0 Å². The van der Waals surface area contributed by atoms with Gasteiger partial charge in [0.1, 0.15) is 5.01 Å². The van der Waals surface area contributed by atoms with Crippen molar-refractivity contribution in [2.24, 2.45) is 0 Å². The van der Waals surface area contributed by atoms with Crippen LogP contribution in [0.15, 0.2) is 24.3 Å². The number of carbonyl (C=O) groups excluding carboxylic acids is 1. The minimum atomic E-state index is -0.325. The molecule has 1 N–H and O–H groups in total. The number of rotatable bonds is 3. The summed E-state index contributed by atoms with van der Waals surface area (Å²) in [6.45, 7) is 9.64. The molecule has 2 amide bonds. The monoisotopic (exact) mass is 393 g/mol. The molecule has 0 spiro atoms. The van der Waals surface area contributed by atoms with E-state index in [1.54, 1.807) is 11.3 Å². The van der Waals surface area contributed by atoms with E-state index in [1.807, 2.05) is 56.9 Å². The van der Waals surface area contributed by atoms with Gasteiger partial charge in [-0.15, -0.1) is 11.3 Å². The third-order valence-corrected chi connectivity index (χ3v) is 5.43. The van der Waals surface area contributed by atoms with Crippen LogP contribution in [-0.4, -0.2) is 40.7 Å². The zero-order valence-electron chi connectivity index (χ0n) is 15.5. The quantitative estimate of drug-likeness (QED) is 0.836. The number of amides is 2. The first-order valence-corrected chi connectivity index (χ1v) is 9.86. The van der Waals surface area contributed by atoms with Gasteiger partial charge in [-0.1, -0.05) is 23.7 Å². The number of ether oxygens (including phenoxy) is 1. The number of nitrogens with one attached hydrogen (secondary N) is 1. The Morgan fingerprint density at radius 1 is 1.42 bits per heavy atom. The second-order valence-corrected chi connectivity index (χ2v) is 8.97. The Labute approximate surface area is 163 Å². The second-order valence-electron chi connectivity index (χ2n) is 7.25. The summed E-state index contributed by atoms with van der Waals surface area (Å²) >= 11 is 7.55. The minimum Gasteiger partial charge on any atom is -0.369 e. The highest BCUT2D eigenvalue weighted by Gasteiger charge is 2.33. The van der Waals surface area contributed by atoms with Gasteiger partial charge in [0.2, 0.25) is 0 Å². The van der Waals surface area contributed by atoms with Crippen molar-refractivity contribution in [2.45, 2.75) is 45.9 Å². The lowest BCUT2D eigenvalue weighted by molar-refractivity contribution is -0.117. The largest absolute Gasteiger partial charge is 0.369 e. The van der Waals surface area contributed by atoms with Gasteiger partial charge in [-0.2, -0.15) is 0 Å². The van der Waals surface area contributed by atoms with Crippen molar-refractivity contribution >= 4 is 29.0 Å². The molecule has 7 heteroatoms. The summed E-state index contributed by atoms with van der Waals surface area (Å²) in [6, 6.07) is 7.57. The molecular weight excluding hydrogens is 370 g/mol. The van der Waals surface area contributed by atoms with Crippen LogP contribution < -0.4 is 5.32 Å². The fraction of sp³-hybridized carbons (Fsp3) is 0.474. The Hall–Kier alpha value is -1.63. The lowest BCUT2D eigenvalue weighted by Gasteiger charge is -2.41. The molecule has 0 radical (unpaired) electrons. The smallest absolute Gasteiger partial charge is 0.317 e. The van der Waals surface area contributed by atoms with Crippen LogP contribution in [0.2, 0.25) is 5.02 Å². The van der Waals surface area contributed by atoms with E-state index < -0.39 is 0 Å². The summed E-state index contributed by atoms with van der Waals surface area (Å²) in [6.07, 6.45) is 0.0307. The van der Waals surface area contributed by atoms with Crippen molar-refractivity contribution in [1.82, 2.24) is 15.2 Å². The van der Waals surface area contributed by atoms with Gasteiger partial charge in [-0.05, 0) is 39.8 Å². The molecule has 1 atom stereocenters. The number of aryl methyl sites for hydroxylation is 1. The molecule has 0 aliphatic carbocycles. The molecule has 1 aromatic carbocycles. The third-order valence-electron chi connectivity index (χ3n) is 4.21. The molecule has 1 saturated heterocycles. The van der Waals surface area contributed by atoms with Crippen LogP contribution in [-0.2, 0) is 11.3 Å². The molecule has 26 heavy (non-hydrogen) atoms. The summed E-state index contributed by atoms with van der Waals surface area (Å²) in [5, 5.41) is 4.58. The number of carbonyl (C=O) groups is 1. The van der Waals surface area contributed by atoms with Crippen molar-refractivity contribution in [3.05, 3.63) is 39.2 Å². The predicted octanol–water partition coefficient (Wildman–Crippen LogP) is 4.48. The molecule has 1 fully saturated rings. The molecule has 1 aliphatic rings. The van der Waals surface area contributed by atoms with E-state index >= 15 is 0 Å². The fourth-order valence-electron chi connectivity index (χ4n) is 3.27. The lowest BCUT2D eigenvalue weighted by atomic mass is 10.1. The normalized spacial score (nSPS) is 19.4. The third kappa shape index (κ3) is 4.55. The van der Waals surface area contributed by atoms with Crippen LogP contribution in [0.25, 0.3) is 11.3 Å². The Morgan fingerprint density at radius 3 is 2.77 bits per heavy atom. The number of halogens is 1. The van der Waals surface area contributed by atoms with Crippen molar-refractivity contribution in [3.8, 4) is 11.3 Å². The van der Waals surface area contributed by atoms with Crippen molar-refractivity contribution in [1.29, 1.82) is 0 Å². The standard InChI is InChI=1S/C19H24ClN3O2S/c1-12-10-23(11-19(3,4)25-12)18(24)21-9-16-22-17(13(2)26-16)14-5-7-15(20)8-6-14/h5-8,12H,9-11H2,1-4H3,(H,21,24)/t12-/m1/s1. The zero-order chi connectivity index (χ0) is 18.9. The first kappa shape index (κ1) is 19.1. The number of nitrogens with zero attached hydrogens (tertiary/aromatic N) is 2. The van der Waals surface area contributed by atoms with Crippen LogP contribution in [0.5, 0.6) is 0 Å². The van der Waals surface area contributed by atoms with Gasteiger partial charge >= 0.3 is 6.03 Å². The molecule has 0 bridgehead atoms. The topological polar surface area (TPSA) is 54.5 Å². The molecule has 5 nitrogen and oxygen atoms in total.